The van der Waals surface area contributed by atoms with Gasteiger partial charge in [-0.05, 0) is 12.1 Å². The van der Waals surface area contributed by atoms with Crippen LogP contribution in [0.15, 0.2) is 22.7 Å². The minimum Gasteiger partial charge on any atom is -0.297 e. The van der Waals surface area contributed by atoms with Crippen molar-refractivity contribution in [2.24, 2.45) is 4.36 Å². The fourth-order valence-electron chi connectivity index (χ4n) is 0.941. The SMILES string of the molecule is CS(=O)(=NC#N)Nc1ccc(C(F)(F)F)nc1. The van der Waals surface area contributed by atoms with Gasteiger partial charge in [0.15, 0.2) is 0 Å². The highest BCUT2D eigenvalue weighted by Gasteiger charge is 2.32. The molecule has 0 amide bonds. The summed E-state index contributed by atoms with van der Waals surface area (Å²) < 4.78 is 53.4. The van der Waals surface area contributed by atoms with Crippen molar-refractivity contribution >= 4 is 15.6 Å². The highest BCUT2D eigenvalue weighted by molar-refractivity contribution is 7.94. The quantitative estimate of drug-likeness (QED) is 0.830. The Labute approximate surface area is 95.6 Å². The molecule has 0 radical (unpaired) electrons. The predicted octanol–water partition coefficient (Wildman–Crippen LogP) is 2.01. The number of halogens is 3. The molecule has 0 fully saturated rings. The lowest BCUT2D eigenvalue weighted by Crippen LogP contribution is -2.11. The van der Waals surface area contributed by atoms with Gasteiger partial charge in [-0.15, -0.1) is 4.36 Å². The molecule has 9 heteroatoms. The van der Waals surface area contributed by atoms with Crippen LogP contribution < -0.4 is 4.72 Å². The summed E-state index contributed by atoms with van der Waals surface area (Å²) >= 11 is 0. The second-order valence-electron chi connectivity index (χ2n) is 3.03. The number of aromatic nitrogens is 1. The zero-order valence-electron chi connectivity index (χ0n) is 8.52. The third-order valence-corrected chi connectivity index (χ3v) is 2.62. The van der Waals surface area contributed by atoms with Crippen molar-refractivity contribution in [2.45, 2.75) is 6.18 Å². The molecule has 1 aromatic heterocycles. The van der Waals surface area contributed by atoms with Crippen LogP contribution in [0, 0.1) is 11.5 Å². The zero-order valence-corrected chi connectivity index (χ0v) is 9.34. The van der Waals surface area contributed by atoms with Gasteiger partial charge in [-0.1, -0.05) is 0 Å². The summed E-state index contributed by atoms with van der Waals surface area (Å²) in [4.78, 5) is 3.16. The normalized spacial score (nSPS) is 14.5. The van der Waals surface area contributed by atoms with Crippen molar-refractivity contribution in [2.75, 3.05) is 11.0 Å². The number of pyridine rings is 1. The lowest BCUT2D eigenvalue weighted by molar-refractivity contribution is -0.141. The molecule has 1 heterocycles. The van der Waals surface area contributed by atoms with Crippen LogP contribution in [0.4, 0.5) is 18.9 Å². The Balaban J connectivity index is 2.95. The van der Waals surface area contributed by atoms with E-state index in [1.807, 2.05) is 0 Å². The fraction of sp³-hybridized carbons (Fsp3) is 0.250. The van der Waals surface area contributed by atoms with Crippen molar-refractivity contribution in [1.29, 1.82) is 5.26 Å². The smallest absolute Gasteiger partial charge is 0.297 e. The van der Waals surface area contributed by atoms with Crippen molar-refractivity contribution in [3.8, 4) is 6.19 Å². The molecular weight excluding hydrogens is 257 g/mol. The highest BCUT2D eigenvalue weighted by atomic mass is 32.2. The molecule has 0 aliphatic heterocycles. The van der Waals surface area contributed by atoms with Gasteiger partial charge < -0.3 is 0 Å². The molecule has 1 atom stereocenters. The lowest BCUT2D eigenvalue weighted by atomic mass is 10.3. The first-order valence-electron chi connectivity index (χ1n) is 4.16. The van der Waals surface area contributed by atoms with Crippen LogP contribution in [0.5, 0.6) is 0 Å². The molecule has 0 bridgehead atoms. The number of anilines is 1. The van der Waals surface area contributed by atoms with E-state index < -0.39 is 21.8 Å². The van der Waals surface area contributed by atoms with Gasteiger partial charge in [-0.3, -0.25) is 4.72 Å². The molecule has 0 aliphatic carbocycles. The molecule has 0 saturated heterocycles. The van der Waals surface area contributed by atoms with Gasteiger partial charge in [0.05, 0.1) is 11.9 Å². The maximum atomic E-state index is 12.2. The van der Waals surface area contributed by atoms with E-state index >= 15 is 0 Å². The van der Waals surface area contributed by atoms with Crippen LogP contribution in [0.1, 0.15) is 5.69 Å². The Morgan fingerprint density at radius 1 is 1.53 bits per heavy atom. The lowest BCUT2D eigenvalue weighted by Gasteiger charge is -2.08. The van der Waals surface area contributed by atoms with Crippen molar-refractivity contribution < 1.29 is 17.4 Å². The molecule has 17 heavy (non-hydrogen) atoms. The van der Waals surface area contributed by atoms with Crippen molar-refractivity contribution in [3.63, 3.8) is 0 Å². The Kier molecular flexibility index (Phi) is 3.57. The fourth-order valence-corrected chi connectivity index (χ4v) is 1.70. The zero-order chi connectivity index (χ0) is 13.1. The maximum Gasteiger partial charge on any atom is 0.433 e. The number of nitrogens with zero attached hydrogens (tertiary/aromatic N) is 3. The van der Waals surface area contributed by atoms with Crippen molar-refractivity contribution in [3.05, 3.63) is 24.0 Å². The van der Waals surface area contributed by atoms with E-state index in [2.05, 4.69) is 14.1 Å². The number of alkyl halides is 3. The Bertz CT molecular complexity index is 552. The van der Waals surface area contributed by atoms with Crippen LogP contribution >= 0.6 is 0 Å². The minimum absolute atomic E-state index is 0.0875. The maximum absolute atomic E-state index is 12.2. The number of nitriles is 1. The average molecular weight is 264 g/mol. The summed E-state index contributed by atoms with van der Waals surface area (Å²) in [7, 11) is -2.99. The van der Waals surface area contributed by atoms with Crippen LogP contribution in [0.25, 0.3) is 0 Å². The van der Waals surface area contributed by atoms with Gasteiger partial charge in [0, 0.05) is 6.26 Å². The topological polar surface area (TPSA) is 78.1 Å². The van der Waals surface area contributed by atoms with E-state index in [1.165, 1.54) is 6.19 Å². The summed E-state index contributed by atoms with van der Waals surface area (Å²) in [5, 5.41) is 8.23. The van der Waals surface area contributed by atoms with E-state index in [-0.39, 0.29) is 5.69 Å². The molecule has 0 spiro atoms. The van der Waals surface area contributed by atoms with Gasteiger partial charge in [0.2, 0.25) is 6.19 Å². The largest absolute Gasteiger partial charge is 0.433 e. The van der Waals surface area contributed by atoms with E-state index in [0.29, 0.717) is 0 Å². The second kappa shape index (κ2) is 4.58. The molecule has 92 valence electrons. The summed E-state index contributed by atoms with van der Waals surface area (Å²) in [6.07, 6.45) is -1.15. The molecule has 5 nitrogen and oxygen atoms in total. The predicted molar refractivity (Wildman–Crippen MR) is 55.0 cm³/mol. The van der Waals surface area contributed by atoms with Crippen LogP contribution in [-0.4, -0.2) is 15.4 Å². The molecule has 1 rings (SSSR count). The molecule has 0 aromatic carbocycles. The average Bonchev–Trinajstić information content (AvgIpc) is 2.16. The van der Waals surface area contributed by atoms with Gasteiger partial charge in [0.25, 0.3) is 0 Å². The van der Waals surface area contributed by atoms with E-state index in [9.17, 15) is 17.4 Å². The van der Waals surface area contributed by atoms with Gasteiger partial charge in [-0.25, -0.2) is 9.19 Å². The van der Waals surface area contributed by atoms with Crippen molar-refractivity contribution in [1.82, 2.24) is 4.98 Å². The molecule has 0 aliphatic rings. The third kappa shape index (κ3) is 3.92. The van der Waals surface area contributed by atoms with Crippen LogP contribution in [-0.2, 0) is 16.1 Å². The number of rotatable bonds is 2. The molecule has 1 unspecified atom stereocenters. The summed E-state index contributed by atoms with van der Waals surface area (Å²) in [6.45, 7) is 0. The molecule has 1 aromatic rings. The van der Waals surface area contributed by atoms with E-state index in [0.717, 1.165) is 24.6 Å². The van der Waals surface area contributed by atoms with Gasteiger partial charge in [-0.2, -0.15) is 18.4 Å². The van der Waals surface area contributed by atoms with E-state index in [4.69, 9.17) is 5.26 Å². The molecule has 0 saturated carbocycles. The third-order valence-electron chi connectivity index (χ3n) is 1.58. The Morgan fingerprint density at radius 3 is 2.59 bits per heavy atom. The van der Waals surface area contributed by atoms with Crippen LogP contribution in [0.3, 0.4) is 0 Å². The van der Waals surface area contributed by atoms with Gasteiger partial charge >= 0.3 is 6.18 Å². The number of hydrogen-bond donors (Lipinski definition) is 1. The second-order valence-corrected chi connectivity index (χ2v) is 5.02. The first-order chi connectivity index (χ1) is 7.74. The first-order valence-corrected chi connectivity index (χ1v) is 6.08. The number of nitrogens with one attached hydrogen (secondary N) is 1. The Morgan fingerprint density at radius 2 is 2.18 bits per heavy atom. The van der Waals surface area contributed by atoms with E-state index in [1.54, 1.807) is 0 Å². The standard InChI is InChI=1S/C8H7F3N4OS/c1-17(16,14-5-12)15-6-2-3-7(13-4-6)8(9,10)11/h2-4H,1H3,(H,14,15,16). The minimum atomic E-state index is -4.52. The summed E-state index contributed by atoms with van der Waals surface area (Å²) in [5.74, 6) is 0. The molecular formula is C8H7F3N4OS. The summed E-state index contributed by atoms with van der Waals surface area (Å²) in [6, 6.07) is 1.80. The monoisotopic (exact) mass is 264 g/mol. The summed E-state index contributed by atoms with van der Waals surface area (Å²) in [5.41, 5.74) is -0.965. The molecule has 1 N–H and O–H groups in total. The Hall–Kier alpha value is -1.82. The number of hydrogen-bond acceptors (Lipinski definition) is 4. The highest BCUT2D eigenvalue weighted by Crippen LogP contribution is 2.27. The first kappa shape index (κ1) is 13.2. The van der Waals surface area contributed by atoms with Crippen LogP contribution in [0.2, 0.25) is 0 Å². The van der Waals surface area contributed by atoms with Gasteiger partial charge in [0.1, 0.15) is 15.6 Å².